The second kappa shape index (κ2) is 4.86. The molecule has 1 aromatic heterocycles. The zero-order chi connectivity index (χ0) is 12.4. The Morgan fingerprint density at radius 1 is 1.24 bits per heavy atom. The number of nitrogens with zero attached hydrogens (tertiary/aromatic N) is 1. The number of aromatic nitrogens is 1. The van der Waals surface area contributed by atoms with Gasteiger partial charge in [0.1, 0.15) is 0 Å². The molecule has 17 heavy (non-hydrogen) atoms. The van der Waals surface area contributed by atoms with Crippen molar-refractivity contribution in [2.24, 2.45) is 5.73 Å². The molecule has 0 aliphatic rings. The van der Waals surface area contributed by atoms with Crippen molar-refractivity contribution < 1.29 is 0 Å². The van der Waals surface area contributed by atoms with Crippen LogP contribution in [-0.2, 0) is 0 Å². The number of halogens is 1. The van der Waals surface area contributed by atoms with Crippen molar-refractivity contribution in [1.82, 2.24) is 4.98 Å². The molecule has 0 saturated carbocycles. The molecule has 0 bridgehead atoms. The Morgan fingerprint density at radius 2 is 2.00 bits per heavy atom. The minimum absolute atomic E-state index is 0.180. The van der Waals surface area contributed by atoms with E-state index < -0.39 is 0 Å². The maximum absolute atomic E-state index is 6.26. The SMILES string of the molecule is Cc1cncc(C(N)c2cccc(Cl)c2C)c1. The summed E-state index contributed by atoms with van der Waals surface area (Å²) in [7, 11) is 0. The van der Waals surface area contributed by atoms with Crippen molar-refractivity contribution in [1.29, 1.82) is 0 Å². The quantitative estimate of drug-likeness (QED) is 0.882. The minimum Gasteiger partial charge on any atom is -0.320 e. The summed E-state index contributed by atoms with van der Waals surface area (Å²) in [5.41, 5.74) is 10.5. The second-order valence-corrected chi connectivity index (χ2v) is 4.63. The first kappa shape index (κ1) is 12.1. The van der Waals surface area contributed by atoms with E-state index in [4.69, 9.17) is 17.3 Å². The number of hydrogen-bond donors (Lipinski definition) is 1. The molecule has 0 fully saturated rings. The molecule has 0 amide bonds. The van der Waals surface area contributed by atoms with E-state index in [1.807, 2.05) is 38.2 Å². The number of hydrogen-bond acceptors (Lipinski definition) is 2. The van der Waals surface area contributed by atoms with Crippen LogP contribution in [0, 0.1) is 13.8 Å². The molecule has 3 heteroatoms. The Morgan fingerprint density at radius 3 is 2.71 bits per heavy atom. The third-order valence-corrected chi connectivity index (χ3v) is 3.31. The first-order valence-electron chi connectivity index (χ1n) is 5.51. The van der Waals surface area contributed by atoms with Gasteiger partial charge in [-0.15, -0.1) is 0 Å². The maximum Gasteiger partial charge on any atom is 0.0570 e. The van der Waals surface area contributed by atoms with Gasteiger partial charge < -0.3 is 5.73 Å². The third-order valence-electron chi connectivity index (χ3n) is 2.90. The van der Waals surface area contributed by atoms with Crippen molar-refractivity contribution >= 4 is 11.6 Å². The molecule has 2 N–H and O–H groups in total. The van der Waals surface area contributed by atoms with Crippen LogP contribution in [0.4, 0.5) is 0 Å². The highest BCUT2D eigenvalue weighted by Gasteiger charge is 2.13. The van der Waals surface area contributed by atoms with E-state index in [1.165, 1.54) is 0 Å². The maximum atomic E-state index is 6.26. The summed E-state index contributed by atoms with van der Waals surface area (Å²) < 4.78 is 0. The highest BCUT2D eigenvalue weighted by atomic mass is 35.5. The van der Waals surface area contributed by atoms with Gasteiger partial charge in [0.15, 0.2) is 0 Å². The number of rotatable bonds is 2. The third kappa shape index (κ3) is 2.48. The van der Waals surface area contributed by atoms with Gasteiger partial charge in [-0.2, -0.15) is 0 Å². The van der Waals surface area contributed by atoms with Gasteiger partial charge in [-0.3, -0.25) is 4.98 Å². The van der Waals surface area contributed by atoms with E-state index >= 15 is 0 Å². The van der Waals surface area contributed by atoms with Gasteiger partial charge in [0.2, 0.25) is 0 Å². The highest BCUT2D eigenvalue weighted by molar-refractivity contribution is 6.31. The van der Waals surface area contributed by atoms with E-state index in [2.05, 4.69) is 11.1 Å². The average Bonchev–Trinajstić information content (AvgIpc) is 2.32. The summed E-state index contributed by atoms with van der Waals surface area (Å²) in [6.45, 7) is 3.99. The van der Waals surface area contributed by atoms with Crippen LogP contribution in [0.3, 0.4) is 0 Å². The van der Waals surface area contributed by atoms with E-state index in [9.17, 15) is 0 Å². The summed E-state index contributed by atoms with van der Waals surface area (Å²) in [6.07, 6.45) is 3.62. The summed E-state index contributed by atoms with van der Waals surface area (Å²) in [5.74, 6) is 0. The number of pyridine rings is 1. The first-order valence-corrected chi connectivity index (χ1v) is 5.89. The molecule has 1 atom stereocenters. The lowest BCUT2D eigenvalue weighted by Crippen LogP contribution is -2.13. The predicted octanol–water partition coefficient (Wildman–Crippen LogP) is 3.40. The van der Waals surface area contributed by atoms with Gasteiger partial charge >= 0.3 is 0 Å². The fraction of sp³-hybridized carbons (Fsp3) is 0.214. The molecule has 1 heterocycles. The van der Waals surface area contributed by atoms with E-state index in [0.29, 0.717) is 0 Å². The van der Waals surface area contributed by atoms with Crippen molar-refractivity contribution in [3.05, 3.63) is 63.9 Å². The van der Waals surface area contributed by atoms with Crippen LogP contribution < -0.4 is 5.73 Å². The highest BCUT2D eigenvalue weighted by Crippen LogP contribution is 2.26. The first-order chi connectivity index (χ1) is 8.09. The smallest absolute Gasteiger partial charge is 0.0570 e. The normalized spacial score (nSPS) is 12.5. The fourth-order valence-electron chi connectivity index (χ4n) is 1.89. The topological polar surface area (TPSA) is 38.9 Å². The summed E-state index contributed by atoms with van der Waals surface area (Å²) >= 11 is 6.11. The Hall–Kier alpha value is -1.38. The van der Waals surface area contributed by atoms with Crippen LogP contribution in [0.5, 0.6) is 0 Å². The lowest BCUT2D eigenvalue weighted by atomic mass is 9.96. The molecule has 2 aromatic rings. The number of aryl methyl sites for hydroxylation is 1. The van der Waals surface area contributed by atoms with E-state index in [-0.39, 0.29) is 6.04 Å². The minimum atomic E-state index is -0.180. The molecule has 0 radical (unpaired) electrons. The van der Waals surface area contributed by atoms with Crippen molar-refractivity contribution in [3.63, 3.8) is 0 Å². The summed E-state index contributed by atoms with van der Waals surface area (Å²) in [4.78, 5) is 4.17. The van der Waals surface area contributed by atoms with Crippen LogP contribution >= 0.6 is 11.6 Å². The lowest BCUT2D eigenvalue weighted by Gasteiger charge is -2.16. The molecule has 0 spiro atoms. The van der Waals surface area contributed by atoms with E-state index in [1.54, 1.807) is 6.20 Å². The fourth-order valence-corrected chi connectivity index (χ4v) is 2.07. The molecule has 2 rings (SSSR count). The molecule has 0 aliphatic heterocycles. The zero-order valence-electron chi connectivity index (χ0n) is 9.94. The second-order valence-electron chi connectivity index (χ2n) is 4.23. The molecule has 0 aliphatic carbocycles. The standard InChI is InChI=1S/C14H15ClN2/c1-9-6-11(8-17-7-9)14(16)12-4-3-5-13(15)10(12)2/h3-8,14H,16H2,1-2H3. The van der Waals surface area contributed by atoms with Crippen molar-refractivity contribution in [2.45, 2.75) is 19.9 Å². The summed E-state index contributed by atoms with van der Waals surface area (Å²) in [6, 6.07) is 7.68. The largest absolute Gasteiger partial charge is 0.320 e. The Balaban J connectivity index is 2.44. The molecule has 1 unspecified atom stereocenters. The van der Waals surface area contributed by atoms with Crippen LogP contribution in [0.15, 0.2) is 36.7 Å². The van der Waals surface area contributed by atoms with Crippen LogP contribution in [0.25, 0.3) is 0 Å². The Kier molecular flexibility index (Phi) is 3.46. The van der Waals surface area contributed by atoms with Gasteiger partial charge in [-0.1, -0.05) is 29.8 Å². The number of nitrogens with two attached hydrogens (primary N) is 1. The molecule has 88 valence electrons. The van der Waals surface area contributed by atoms with Crippen LogP contribution in [0.2, 0.25) is 5.02 Å². The molecular weight excluding hydrogens is 232 g/mol. The predicted molar refractivity (Wildman–Crippen MR) is 71.2 cm³/mol. The number of benzene rings is 1. The van der Waals surface area contributed by atoms with Crippen LogP contribution in [-0.4, -0.2) is 4.98 Å². The van der Waals surface area contributed by atoms with Gasteiger partial charge in [-0.05, 0) is 42.2 Å². The van der Waals surface area contributed by atoms with E-state index in [0.717, 1.165) is 27.3 Å². The van der Waals surface area contributed by atoms with Gasteiger partial charge in [0.25, 0.3) is 0 Å². The zero-order valence-corrected chi connectivity index (χ0v) is 10.7. The molecule has 0 saturated heterocycles. The average molecular weight is 247 g/mol. The van der Waals surface area contributed by atoms with Crippen molar-refractivity contribution in [2.75, 3.05) is 0 Å². The molecule has 2 nitrogen and oxygen atoms in total. The Bertz CT molecular complexity index is 537. The van der Waals surface area contributed by atoms with Gasteiger partial charge in [-0.25, -0.2) is 0 Å². The lowest BCUT2D eigenvalue weighted by molar-refractivity contribution is 0.851. The van der Waals surface area contributed by atoms with Crippen molar-refractivity contribution in [3.8, 4) is 0 Å². The summed E-state index contributed by atoms with van der Waals surface area (Å²) in [5, 5.41) is 0.749. The molecular formula is C14H15ClN2. The monoisotopic (exact) mass is 246 g/mol. The Labute approximate surface area is 106 Å². The molecule has 1 aromatic carbocycles. The van der Waals surface area contributed by atoms with Gasteiger partial charge in [0, 0.05) is 17.4 Å². The van der Waals surface area contributed by atoms with Crippen LogP contribution in [0.1, 0.15) is 28.3 Å². The van der Waals surface area contributed by atoms with Gasteiger partial charge in [0.05, 0.1) is 6.04 Å².